The maximum Gasteiger partial charge on any atom is 0.279 e. The van der Waals surface area contributed by atoms with Gasteiger partial charge in [0.15, 0.2) is 5.70 Å². The highest BCUT2D eigenvalue weighted by Gasteiger charge is 2.19. The lowest BCUT2D eigenvalue weighted by molar-refractivity contribution is -0.384. The van der Waals surface area contributed by atoms with E-state index in [2.05, 4.69) is 22.2 Å². The van der Waals surface area contributed by atoms with Crippen molar-refractivity contribution in [2.75, 3.05) is 0 Å². The van der Waals surface area contributed by atoms with Gasteiger partial charge in [0.2, 0.25) is 0 Å². The van der Waals surface area contributed by atoms with Gasteiger partial charge in [0, 0.05) is 18.3 Å². The second-order valence-corrected chi connectivity index (χ2v) is 3.93. The van der Waals surface area contributed by atoms with Crippen LogP contribution in [0.5, 0.6) is 0 Å². The van der Waals surface area contributed by atoms with Gasteiger partial charge in [-0.05, 0) is 17.7 Å². The lowest BCUT2D eigenvalue weighted by Gasteiger charge is -2.18. The molecule has 0 atom stereocenters. The van der Waals surface area contributed by atoms with E-state index >= 15 is 0 Å². The molecule has 20 heavy (non-hydrogen) atoms. The first-order valence-electron chi connectivity index (χ1n) is 5.53. The lowest BCUT2D eigenvalue weighted by atomic mass is 10.2. The first-order valence-corrected chi connectivity index (χ1v) is 5.53. The smallest absolute Gasteiger partial charge is 0.279 e. The van der Waals surface area contributed by atoms with E-state index in [4.69, 9.17) is 5.73 Å². The molecular formula is C12H11N5O3. The van der Waals surface area contributed by atoms with Gasteiger partial charge in [-0.2, -0.15) is 0 Å². The first kappa shape index (κ1) is 13.3. The van der Waals surface area contributed by atoms with E-state index in [-0.39, 0.29) is 23.0 Å². The fourth-order valence-electron chi connectivity index (χ4n) is 1.52. The molecule has 0 aromatic heterocycles. The van der Waals surface area contributed by atoms with E-state index in [0.29, 0.717) is 5.56 Å². The number of hydrogen-bond donors (Lipinski definition) is 3. The number of carbonyl (C=O) groups excluding carboxylic acids is 1. The van der Waals surface area contributed by atoms with Gasteiger partial charge in [0.25, 0.3) is 11.6 Å². The summed E-state index contributed by atoms with van der Waals surface area (Å²) in [5.74, 6) is -0.0943. The molecule has 0 spiro atoms. The maximum atomic E-state index is 11.6. The normalized spacial score (nSPS) is 15.2. The summed E-state index contributed by atoms with van der Waals surface area (Å²) < 4.78 is 0. The largest absolute Gasteiger partial charge is 0.383 e. The van der Waals surface area contributed by atoms with Crippen molar-refractivity contribution >= 4 is 17.8 Å². The van der Waals surface area contributed by atoms with E-state index in [1.54, 1.807) is 0 Å². The SMILES string of the molecule is C=C1NC(=O)C(N=Cc2ccc([N+](=O)[O-])cc2)=C(N)N1. The number of hydrogen-bond acceptors (Lipinski definition) is 6. The number of carbonyl (C=O) groups is 1. The molecule has 1 aromatic rings. The van der Waals surface area contributed by atoms with Crippen molar-refractivity contribution in [3.63, 3.8) is 0 Å². The molecule has 0 bridgehead atoms. The number of non-ortho nitro benzene ring substituents is 1. The Kier molecular flexibility index (Phi) is 3.47. The van der Waals surface area contributed by atoms with Crippen LogP contribution in [-0.4, -0.2) is 17.0 Å². The molecule has 1 amide bonds. The van der Waals surface area contributed by atoms with Crippen molar-refractivity contribution in [1.82, 2.24) is 10.6 Å². The summed E-state index contributed by atoms with van der Waals surface area (Å²) in [6.07, 6.45) is 1.39. The van der Waals surface area contributed by atoms with E-state index < -0.39 is 10.8 Å². The Bertz CT molecular complexity index is 646. The van der Waals surface area contributed by atoms with Crippen LogP contribution in [0.2, 0.25) is 0 Å². The molecule has 1 heterocycles. The Labute approximate surface area is 113 Å². The van der Waals surface area contributed by atoms with Crippen molar-refractivity contribution in [3.05, 3.63) is 63.9 Å². The highest BCUT2D eigenvalue weighted by atomic mass is 16.6. The summed E-state index contributed by atoms with van der Waals surface area (Å²) in [5.41, 5.74) is 6.24. The Morgan fingerprint density at radius 1 is 1.30 bits per heavy atom. The van der Waals surface area contributed by atoms with Crippen molar-refractivity contribution in [2.24, 2.45) is 10.7 Å². The molecule has 102 valence electrons. The highest BCUT2D eigenvalue weighted by molar-refractivity contribution is 5.98. The monoisotopic (exact) mass is 273 g/mol. The molecule has 0 unspecified atom stereocenters. The average molecular weight is 273 g/mol. The number of aliphatic imine (C=N–C) groups is 1. The van der Waals surface area contributed by atoms with Gasteiger partial charge in [0.05, 0.1) is 4.92 Å². The molecular weight excluding hydrogens is 262 g/mol. The van der Waals surface area contributed by atoms with Crippen LogP contribution >= 0.6 is 0 Å². The maximum absolute atomic E-state index is 11.6. The highest BCUT2D eigenvalue weighted by Crippen LogP contribution is 2.12. The molecule has 8 nitrogen and oxygen atoms in total. The average Bonchev–Trinajstić information content (AvgIpc) is 2.38. The van der Waals surface area contributed by atoms with Crippen LogP contribution < -0.4 is 16.4 Å². The van der Waals surface area contributed by atoms with Crippen molar-refractivity contribution in [1.29, 1.82) is 0 Å². The molecule has 4 N–H and O–H groups in total. The molecule has 2 rings (SSSR count). The third kappa shape index (κ3) is 2.80. The topological polar surface area (TPSA) is 123 Å². The van der Waals surface area contributed by atoms with Gasteiger partial charge in [-0.3, -0.25) is 14.9 Å². The van der Waals surface area contributed by atoms with E-state index in [0.717, 1.165) is 0 Å². The van der Waals surface area contributed by atoms with Crippen LogP contribution in [0.1, 0.15) is 5.56 Å². The number of nitrogens with zero attached hydrogens (tertiary/aromatic N) is 2. The standard InChI is InChI=1S/C12H11N5O3/c1-7-15-11(13)10(12(18)16-7)14-6-8-2-4-9(5-3-8)17(19)20/h2-6,15H,1,13H2,(H,16,18). The minimum absolute atomic E-state index is 0.0192. The zero-order valence-corrected chi connectivity index (χ0v) is 10.3. The Hall–Kier alpha value is -3.16. The molecule has 0 aliphatic carbocycles. The number of nitrogens with one attached hydrogen (secondary N) is 2. The van der Waals surface area contributed by atoms with Crippen LogP contribution in [0.4, 0.5) is 5.69 Å². The zero-order chi connectivity index (χ0) is 14.7. The molecule has 1 aliphatic heterocycles. The van der Waals surface area contributed by atoms with Gasteiger partial charge in [-0.25, -0.2) is 4.99 Å². The van der Waals surface area contributed by atoms with Crippen molar-refractivity contribution < 1.29 is 9.72 Å². The predicted molar refractivity (Wildman–Crippen MR) is 72.3 cm³/mol. The third-order valence-corrected chi connectivity index (χ3v) is 2.47. The van der Waals surface area contributed by atoms with Gasteiger partial charge in [-0.1, -0.05) is 6.58 Å². The zero-order valence-electron chi connectivity index (χ0n) is 10.3. The van der Waals surface area contributed by atoms with Crippen LogP contribution in [0.25, 0.3) is 0 Å². The molecule has 0 saturated heterocycles. The molecule has 8 heteroatoms. The van der Waals surface area contributed by atoms with Crippen molar-refractivity contribution in [3.8, 4) is 0 Å². The van der Waals surface area contributed by atoms with Gasteiger partial charge in [-0.15, -0.1) is 0 Å². The summed E-state index contributed by atoms with van der Waals surface area (Å²) >= 11 is 0. The number of rotatable bonds is 3. The molecule has 0 radical (unpaired) electrons. The molecule has 0 fully saturated rings. The van der Waals surface area contributed by atoms with E-state index in [1.165, 1.54) is 30.5 Å². The number of nitro benzene ring substituents is 1. The van der Waals surface area contributed by atoms with Gasteiger partial charge < -0.3 is 16.4 Å². The second-order valence-electron chi connectivity index (χ2n) is 3.93. The quantitative estimate of drug-likeness (QED) is 0.416. The second kappa shape index (κ2) is 5.22. The minimum atomic E-state index is -0.494. The number of benzene rings is 1. The van der Waals surface area contributed by atoms with Crippen LogP contribution in [0.3, 0.4) is 0 Å². The predicted octanol–water partition coefficient (Wildman–Crippen LogP) is 0.332. The summed E-state index contributed by atoms with van der Waals surface area (Å²) in [6.45, 7) is 3.52. The van der Waals surface area contributed by atoms with E-state index in [9.17, 15) is 14.9 Å². The Balaban J connectivity index is 2.20. The summed E-state index contributed by atoms with van der Waals surface area (Å²) in [5, 5.41) is 15.6. The summed E-state index contributed by atoms with van der Waals surface area (Å²) in [4.78, 5) is 25.6. The fourth-order valence-corrected chi connectivity index (χ4v) is 1.52. The Morgan fingerprint density at radius 3 is 2.50 bits per heavy atom. The summed E-state index contributed by atoms with van der Waals surface area (Å²) in [7, 11) is 0. The number of amides is 1. The summed E-state index contributed by atoms with van der Waals surface area (Å²) in [6, 6.07) is 5.73. The first-order chi connectivity index (χ1) is 9.47. The molecule has 0 saturated carbocycles. The van der Waals surface area contributed by atoms with Crippen LogP contribution in [-0.2, 0) is 4.79 Å². The minimum Gasteiger partial charge on any atom is -0.383 e. The fraction of sp³-hybridized carbons (Fsp3) is 0. The molecule has 1 aromatic carbocycles. The van der Waals surface area contributed by atoms with E-state index in [1.807, 2.05) is 0 Å². The third-order valence-electron chi connectivity index (χ3n) is 2.47. The van der Waals surface area contributed by atoms with Gasteiger partial charge in [0.1, 0.15) is 11.6 Å². The van der Waals surface area contributed by atoms with Crippen molar-refractivity contribution in [2.45, 2.75) is 0 Å². The lowest BCUT2D eigenvalue weighted by Crippen LogP contribution is -2.40. The molecule has 1 aliphatic rings. The van der Waals surface area contributed by atoms with Crippen LogP contribution in [0.15, 0.2) is 53.2 Å². The Morgan fingerprint density at radius 2 is 1.95 bits per heavy atom. The number of nitro groups is 1. The van der Waals surface area contributed by atoms with Gasteiger partial charge >= 0.3 is 0 Å². The number of nitrogens with two attached hydrogens (primary N) is 1. The van der Waals surface area contributed by atoms with Crippen LogP contribution in [0, 0.1) is 10.1 Å².